The largest absolute Gasteiger partial charge is 0.479 e. The van der Waals surface area contributed by atoms with Crippen LogP contribution in [0.4, 0.5) is 0 Å². The Hall–Kier alpha value is -1.82. The molecule has 0 aliphatic carbocycles. The zero-order chi connectivity index (χ0) is 12.3. The summed E-state index contributed by atoms with van der Waals surface area (Å²) in [4.78, 5) is 24.1. The molecule has 0 saturated carbocycles. The maximum Gasteiger partial charge on any atom is 0.243 e. The van der Waals surface area contributed by atoms with Gasteiger partial charge in [-0.05, 0) is 28.1 Å². The van der Waals surface area contributed by atoms with Crippen molar-refractivity contribution in [3.8, 4) is 5.88 Å². The number of pyridine rings is 1. The van der Waals surface area contributed by atoms with E-state index >= 15 is 0 Å². The molecule has 0 N–H and O–H groups in total. The molecule has 0 bridgehead atoms. The Bertz CT molecular complexity index is 560. The van der Waals surface area contributed by atoms with Gasteiger partial charge in [0.15, 0.2) is 5.69 Å². The van der Waals surface area contributed by atoms with Gasteiger partial charge in [-0.2, -0.15) is 0 Å². The highest BCUT2D eigenvalue weighted by Crippen LogP contribution is 2.20. The minimum absolute atomic E-state index is 0.148. The van der Waals surface area contributed by atoms with Crippen LogP contribution in [-0.2, 0) is 0 Å². The van der Waals surface area contributed by atoms with Crippen LogP contribution in [0, 0.1) is 0 Å². The lowest BCUT2D eigenvalue weighted by molar-refractivity contribution is 0.102. The van der Waals surface area contributed by atoms with Gasteiger partial charge in [0.2, 0.25) is 11.7 Å². The van der Waals surface area contributed by atoms with E-state index in [0.717, 1.165) is 0 Å². The van der Waals surface area contributed by atoms with Gasteiger partial charge in [0.1, 0.15) is 5.69 Å². The molecule has 2 aromatic rings. The molecule has 86 valence electrons. The lowest BCUT2D eigenvalue weighted by Gasteiger charge is -2.05. The Labute approximate surface area is 106 Å². The first kappa shape index (κ1) is 11.7. The SMILES string of the molecule is COc1nccnc1C(=O)c1ncccc1Br. The van der Waals surface area contributed by atoms with E-state index in [9.17, 15) is 4.79 Å². The van der Waals surface area contributed by atoms with Gasteiger partial charge >= 0.3 is 0 Å². The second-order valence-corrected chi connectivity index (χ2v) is 3.93. The fraction of sp³-hybridized carbons (Fsp3) is 0.0909. The molecule has 0 atom stereocenters. The van der Waals surface area contributed by atoms with Crippen molar-refractivity contribution in [2.45, 2.75) is 0 Å². The monoisotopic (exact) mass is 293 g/mol. The first-order valence-electron chi connectivity index (χ1n) is 4.74. The molecule has 17 heavy (non-hydrogen) atoms. The average Bonchev–Trinajstić information content (AvgIpc) is 2.38. The predicted molar refractivity (Wildman–Crippen MR) is 64.0 cm³/mol. The highest BCUT2D eigenvalue weighted by molar-refractivity contribution is 9.10. The van der Waals surface area contributed by atoms with E-state index < -0.39 is 0 Å². The van der Waals surface area contributed by atoms with Gasteiger partial charge in [0.25, 0.3) is 0 Å². The van der Waals surface area contributed by atoms with E-state index in [1.807, 2.05) is 0 Å². The van der Waals surface area contributed by atoms with E-state index in [-0.39, 0.29) is 23.1 Å². The Morgan fingerprint density at radius 2 is 1.88 bits per heavy atom. The number of aromatic nitrogens is 3. The molecule has 0 aromatic carbocycles. The molecule has 0 radical (unpaired) electrons. The predicted octanol–water partition coefficient (Wildman–Crippen LogP) is 1.87. The molecule has 0 aliphatic rings. The highest BCUT2D eigenvalue weighted by Gasteiger charge is 2.20. The smallest absolute Gasteiger partial charge is 0.243 e. The number of halogens is 1. The van der Waals surface area contributed by atoms with Crippen LogP contribution in [0.3, 0.4) is 0 Å². The molecule has 0 spiro atoms. The average molecular weight is 294 g/mol. The minimum Gasteiger partial charge on any atom is -0.479 e. The number of carbonyl (C=O) groups is 1. The van der Waals surface area contributed by atoms with Crippen molar-refractivity contribution in [3.05, 3.63) is 46.6 Å². The van der Waals surface area contributed by atoms with Crippen molar-refractivity contribution >= 4 is 21.7 Å². The summed E-state index contributed by atoms with van der Waals surface area (Å²) in [7, 11) is 1.44. The second-order valence-electron chi connectivity index (χ2n) is 3.08. The Morgan fingerprint density at radius 3 is 2.59 bits per heavy atom. The summed E-state index contributed by atoms with van der Waals surface area (Å²) in [5, 5.41) is 0. The Kier molecular flexibility index (Phi) is 3.43. The molecular formula is C11H8BrN3O2. The third-order valence-electron chi connectivity index (χ3n) is 2.05. The highest BCUT2D eigenvalue weighted by atomic mass is 79.9. The normalized spacial score (nSPS) is 10.0. The molecule has 2 aromatic heterocycles. The molecule has 5 nitrogen and oxygen atoms in total. The summed E-state index contributed by atoms with van der Waals surface area (Å²) in [5.41, 5.74) is 0.431. The van der Waals surface area contributed by atoms with Crippen molar-refractivity contribution in [2.75, 3.05) is 7.11 Å². The van der Waals surface area contributed by atoms with Crippen LogP contribution in [0.1, 0.15) is 16.2 Å². The van der Waals surface area contributed by atoms with E-state index in [0.29, 0.717) is 4.47 Å². The maximum atomic E-state index is 12.2. The lowest BCUT2D eigenvalue weighted by Crippen LogP contribution is -2.10. The van der Waals surface area contributed by atoms with Gasteiger partial charge in [-0.1, -0.05) is 0 Å². The lowest BCUT2D eigenvalue weighted by atomic mass is 10.2. The maximum absolute atomic E-state index is 12.2. The number of hydrogen-bond donors (Lipinski definition) is 0. The fourth-order valence-electron chi connectivity index (χ4n) is 1.30. The van der Waals surface area contributed by atoms with Crippen LogP contribution >= 0.6 is 15.9 Å². The molecule has 0 fully saturated rings. The molecule has 0 amide bonds. The zero-order valence-corrected chi connectivity index (χ0v) is 10.5. The number of ether oxygens (including phenoxy) is 1. The van der Waals surface area contributed by atoms with Gasteiger partial charge in [-0.25, -0.2) is 9.97 Å². The number of methoxy groups -OCH3 is 1. The standard InChI is InChI=1S/C11H8BrN3O2/c1-17-11-9(14-5-6-15-11)10(16)8-7(12)3-2-4-13-8/h2-6H,1H3. The summed E-state index contributed by atoms with van der Waals surface area (Å²) in [6.45, 7) is 0. The molecule has 6 heteroatoms. The fourth-order valence-corrected chi connectivity index (χ4v) is 1.73. The second kappa shape index (κ2) is 5.01. The van der Waals surface area contributed by atoms with Gasteiger partial charge in [-0.3, -0.25) is 9.78 Å². The van der Waals surface area contributed by atoms with Crippen LogP contribution in [0.15, 0.2) is 35.2 Å². The number of hydrogen-bond acceptors (Lipinski definition) is 5. The summed E-state index contributed by atoms with van der Waals surface area (Å²) < 4.78 is 5.60. The van der Waals surface area contributed by atoms with E-state index in [1.165, 1.54) is 19.5 Å². The van der Waals surface area contributed by atoms with Crippen LogP contribution in [-0.4, -0.2) is 27.8 Å². The summed E-state index contributed by atoms with van der Waals surface area (Å²) in [6, 6.07) is 3.47. The number of ketones is 1. The molecule has 0 aliphatic heterocycles. The molecule has 0 unspecified atom stereocenters. The third-order valence-corrected chi connectivity index (χ3v) is 2.69. The van der Waals surface area contributed by atoms with Gasteiger partial charge in [-0.15, -0.1) is 0 Å². The quantitative estimate of drug-likeness (QED) is 0.809. The summed E-state index contributed by atoms with van der Waals surface area (Å²) in [5.74, 6) is -0.141. The summed E-state index contributed by atoms with van der Waals surface area (Å²) in [6.07, 6.45) is 4.44. The molecular weight excluding hydrogens is 286 g/mol. The van der Waals surface area contributed by atoms with Crippen LogP contribution in [0.2, 0.25) is 0 Å². The zero-order valence-electron chi connectivity index (χ0n) is 8.92. The van der Waals surface area contributed by atoms with E-state index in [2.05, 4.69) is 30.9 Å². The topological polar surface area (TPSA) is 65.0 Å². The van der Waals surface area contributed by atoms with Crippen LogP contribution in [0.5, 0.6) is 5.88 Å². The first-order valence-corrected chi connectivity index (χ1v) is 5.53. The van der Waals surface area contributed by atoms with Crippen LogP contribution < -0.4 is 4.74 Å². The van der Waals surface area contributed by atoms with Crippen LogP contribution in [0.25, 0.3) is 0 Å². The van der Waals surface area contributed by atoms with Crippen molar-refractivity contribution in [1.29, 1.82) is 0 Å². The Balaban J connectivity index is 2.48. The molecule has 0 saturated heterocycles. The summed E-state index contributed by atoms with van der Waals surface area (Å²) >= 11 is 3.27. The van der Waals surface area contributed by atoms with Crippen molar-refractivity contribution < 1.29 is 9.53 Å². The van der Waals surface area contributed by atoms with Gasteiger partial charge < -0.3 is 4.74 Å². The van der Waals surface area contributed by atoms with Crippen molar-refractivity contribution in [2.24, 2.45) is 0 Å². The van der Waals surface area contributed by atoms with Gasteiger partial charge in [0, 0.05) is 23.1 Å². The Morgan fingerprint density at radius 1 is 1.18 bits per heavy atom. The van der Waals surface area contributed by atoms with Crippen molar-refractivity contribution in [3.63, 3.8) is 0 Å². The molecule has 2 rings (SSSR count). The minimum atomic E-state index is -0.331. The van der Waals surface area contributed by atoms with E-state index in [4.69, 9.17) is 4.74 Å². The first-order chi connectivity index (χ1) is 8.24. The number of rotatable bonds is 3. The van der Waals surface area contributed by atoms with E-state index in [1.54, 1.807) is 18.3 Å². The van der Waals surface area contributed by atoms with Gasteiger partial charge in [0.05, 0.1) is 7.11 Å². The molecule has 2 heterocycles. The third kappa shape index (κ3) is 2.31. The number of carbonyl (C=O) groups excluding carboxylic acids is 1. The van der Waals surface area contributed by atoms with Crippen molar-refractivity contribution in [1.82, 2.24) is 15.0 Å². The number of nitrogens with zero attached hydrogens (tertiary/aromatic N) is 3.